The van der Waals surface area contributed by atoms with Gasteiger partial charge in [0.2, 0.25) is 5.91 Å². The van der Waals surface area contributed by atoms with Gasteiger partial charge in [-0.05, 0) is 25.0 Å². The number of hydrogen-bond donors (Lipinski definition) is 1. The number of fused-ring (bicyclic) bond motifs is 1. The van der Waals surface area contributed by atoms with Gasteiger partial charge in [0, 0.05) is 12.7 Å². The SMILES string of the molecule is NC(=O)Cc1nc(COC[C@H]2CCCO2)n(-c2ccc3c(c2)OCCO3)n1. The maximum absolute atomic E-state index is 11.3. The van der Waals surface area contributed by atoms with E-state index in [0.29, 0.717) is 43.0 Å². The molecule has 1 aromatic carbocycles. The highest BCUT2D eigenvalue weighted by molar-refractivity contribution is 5.75. The third-order valence-corrected chi connectivity index (χ3v) is 4.38. The summed E-state index contributed by atoms with van der Waals surface area (Å²) in [6, 6.07) is 5.52. The van der Waals surface area contributed by atoms with Crippen molar-refractivity contribution in [2.45, 2.75) is 32.0 Å². The third-order valence-electron chi connectivity index (χ3n) is 4.38. The number of carbonyl (C=O) groups is 1. The summed E-state index contributed by atoms with van der Waals surface area (Å²) in [5.41, 5.74) is 6.03. The van der Waals surface area contributed by atoms with Crippen molar-refractivity contribution in [3.05, 3.63) is 29.8 Å². The summed E-state index contributed by atoms with van der Waals surface area (Å²) in [6.07, 6.45) is 2.16. The maximum atomic E-state index is 11.3. The zero-order valence-corrected chi connectivity index (χ0v) is 14.9. The highest BCUT2D eigenvalue weighted by atomic mass is 16.6. The van der Waals surface area contributed by atoms with Crippen LogP contribution in [0, 0.1) is 0 Å². The van der Waals surface area contributed by atoms with Gasteiger partial charge in [0.1, 0.15) is 19.8 Å². The molecule has 0 saturated carbocycles. The number of benzene rings is 1. The first-order valence-electron chi connectivity index (χ1n) is 9.01. The summed E-state index contributed by atoms with van der Waals surface area (Å²) in [5, 5.41) is 4.42. The van der Waals surface area contributed by atoms with Gasteiger partial charge in [-0.15, -0.1) is 0 Å². The minimum Gasteiger partial charge on any atom is -0.486 e. The molecule has 9 nitrogen and oxygen atoms in total. The molecule has 1 saturated heterocycles. The molecular weight excluding hydrogens is 352 g/mol. The molecule has 9 heteroatoms. The Balaban J connectivity index is 1.55. The van der Waals surface area contributed by atoms with Crippen molar-refractivity contribution in [2.24, 2.45) is 5.73 Å². The largest absolute Gasteiger partial charge is 0.486 e. The van der Waals surface area contributed by atoms with Crippen molar-refractivity contribution >= 4 is 5.91 Å². The predicted molar refractivity (Wildman–Crippen MR) is 93.9 cm³/mol. The molecule has 0 unspecified atom stereocenters. The Bertz CT molecular complexity index is 816. The minimum atomic E-state index is -0.485. The number of hydrogen-bond acceptors (Lipinski definition) is 7. The van der Waals surface area contributed by atoms with Crippen LogP contribution in [0.2, 0.25) is 0 Å². The van der Waals surface area contributed by atoms with Crippen LogP contribution in [-0.2, 0) is 27.3 Å². The van der Waals surface area contributed by atoms with E-state index in [2.05, 4.69) is 10.1 Å². The molecule has 2 aliphatic heterocycles. The van der Waals surface area contributed by atoms with Crippen molar-refractivity contribution in [3.8, 4) is 17.2 Å². The Morgan fingerprint density at radius 2 is 2.11 bits per heavy atom. The summed E-state index contributed by atoms with van der Waals surface area (Å²) in [6.45, 7) is 2.56. The molecule has 1 atom stereocenters. The van der Waals surface area contributed by atoms with E-state index in [1.165, 1.54) is 0 Å². The van der Waals surface area contributed by atoms with E-state index >= 15 is 0 Å². The zero-order chi connectivity index (χ0) is 18.6. The Morgan fingerprint density at radius 1 is 1.26 bits per heavy atom. The number of rotatable bonds is 7. The highest BCUT2D eigenvalue weighted by Gasteiger charge is 2.19. The summed E-state index contributed by atoms with van der Waals surface area (Å²) in [5.74, 6) is 1.80. The van der Waals surface area contributed by atoms with Crippen molar-refractivity contribution in [1.82, 2.24) is 14.8 Å². The molecule has 144 valence electrons. The molecule has 4 rings (SSSR count). The molecule has 1 amide bonds. The van der Waals surface area contributed by atoms with Crippen molar-refractivity contribution in [1.29, 1.82) is 0 Å². The van der Waals surface area contributed by atoms with E-state index in [1.54, 1.807) is 4.68 Å². The third kappa shape index (κ3) is 4.20. The minimum absolute atomic E-state index is 0.0315. The normalized spacial score (nSPS) is 18.6. The predicted octanol–water partition coefficient (Wildman–Crippen LogP) is 0.762. The average Bonchev–Trinajstić information content (AvgIpc) is 3.31. The van der Waals surface area contributed by atoms with Gasteiger partial charge in [0.05, 0.1) is 24.8 Å². The van der Waals surface area contributed by atoms with Gasteiger partial charge in [-0.2, -0.15) is 5.10 Å². The second kappa shape index (κ2) is 7.93. The lowest BCUT2D eigenvalue weighted by Gasteiger charge is -2.19. The van der Waals surface area contributed by atoms with Crippen LogP contribution in [-0.4, -0.2) is 53.2 Å². The molecular formula is C18H22N4O5. The fourth-order valence-corrected chi connectivity index (χ4v) is 3.14. The number of nitrogens with two attached hydrogens (primary N) is 1. The smallest absolute Gasteiger partial charge is 0.225 e. The Labute approximate surface area is 156 Å². The Morgan fingerprint density at radius 3 is 2.89 bits per heavy atom. The van der Waals surface area contributed by atoms with E-state index in [9.17, 15) is 4.79 Å². The first-order chi connectivity index (χ1) is 13.2. The number of amides is 1. The zero-order valence-electron chi connectivity index (χ0n) is 14.9. The van der Waals surface area contributed by atoms with Gasteiger partial charge >= 0.3 is 0 Å². The van der Waals surface area contributed by atoms with Gasteiger partial charge in [-0.1, -0.05) is 0 Å². The van der Waals surface area contributed by atoms with Gasteiger partial charge in [0.15, 0.2) is 23.1 Å². The van der Waals surface area contributed by atoms with Gasteiger partial charge < -0.3 is 24.7 Å². The van der Waals surface area contributed by atoms with Gasteiger partial charge in [-0.3, -0.25) is 4.79 Å². The number of ether oxygens (including phenoxy) is 4. The maximum Gasteiger partial charge on any atom is 0.225 e. The average molecular weight is 374 g/mol. The van der Waals surface area contributed by atoms with Crippen LogP contribution in [0.25, 0.3) is 5.69 Å². The lowest BCUT2D eigenvalue weighted by atomic mass is 10.2. The fraction of sp³-hybridized carbons (Fsp3) is 0.500. The number of nitrogens with zero attached hydrogens (tertiary/aromatic N) is 3. The molecule has 0 bridgehead atoms. The van der Waals surface area contributed by atoms with Crippen LogP contribution in [0.1, 0.15) is 24.5 Å². The summed E-state index contributed by atoms with van der Waals surface area (Å²) in [4.78, 5) is 15.7. The number of carbonyl (C=O) groups excluding carboxylic acids is 1. The van der Waals surface area contributed by atoms with Crippen LogP contribution in [0.4, 0.5) is 0 Å². The molecule has 0 spiro atoms. The lowest BCUT2D eigenvalue weighted by molar-refractivity contribution is -0.117. The molecule has 1 fully saturated rings. The monoisotopic (exact) mass is 374 g/mol. The lowest BCUT2D eigenvalue weighted by Crippen LogP contribution is -2.16. The molecule has 27 heavy (non-hydrogen) atoms. The van der Waals surface area contributed by atoms with Gasteiger partial charge in [-0.25, -0.2) is 9.67 Å². The number of aromatic nitrogens is 3. The summed E-state index contributed by atoms with van der Waals surface area (Å²) < 4.78 is 24.2. The molecule has 2 aromatic rings. The van der Waals surface area contributed by atoms with E-state index in [-0.39, 0.29) is 19.1 Å². The van der Waals surface area contributed by atoms with Gasteiger partial charge in [0.25, 0.3) is 0 Å². The number of primary amides is 1. The highest BCUT2D eigenvalue weighted by Crippen LogP contribution is 2.32. The molecule has 2 N–H and O–H groups in total. The van der Waals surface area contributed by atoms with E-state index < -0.39 is 5.91 Å². The molecule has 3 heterocycles. The van der Waals surface area contributed by atoms with Crippen LogP contribution >= 0.6 is 0 Å². The van der Waals surface area contributed by atoms with Crippen LogP contribution in [0.5, 0.6) is 11.5 Å². The molecule has 1 aromatic heterocycles. The van der Waals surface area contributed by atoms with Crippen molar-refractivity contribution in [3.63, 3.8) is 0 Å². The second-order valence-electron chi connectivity index (χ2n) is 6.48. The van der Waals surface area contributed by atoms with Crippen molar-refractivity contribution < 1.29 is 23.7 Å². The second-order valence-corrected chi connectivity index (χ2v) is 6.48. The summed E-state index contributed by atoms with van der Waals surface area (Å²) >= 11 is 0. The summed E-state index contributed by atoms with van der Waals surface area (Å²) in [7, 11) is 0. The standard InChI is InChI=1S/C18H22N4O5/c19-16(23)9-17-20-18(11-24-10-13-2-1-5-25-13)22(21-17)12-3-4-14-15(8-12)27-7-6-26-14/h3-4,8,13H,1-2,5-7,9-11H2,(H2,19,23)/t13-/m1/s1. The molecule has 0 aliphatic carbocycles. The topological polar surface area (TPSA) is 111 Å². The van der Waals surface area contributed by atoms with E-state index in [4.69, 9.17) is 24.7 Å². The first-order valence-corrected chi connectivity index (χ1v) is 9.01. The van der Waals surface area contributed by atoms with Crippen molar-refractivity contribution in [2.75, 3.05) is 26.4 Å². The molecule has 0 radical (unpaired) electrons. The molecule has 2 aliphatic rings. The quantitative estimate of drug-likeness (QED) is 0.762. The Kier molecular flexibility index (Phi) is 5.21. The first kappa shape index (κ1) is 17.7. The van der Waals surface area contributed by atoms with Crippen LogP contribution in [0.15, 0.2) is 18.2 Å². The van der Waals surface area contributed by atoms with E-state index in [1.807, 2.05) is 18.2 Å². The Hall–Kier alpha value is -2.65. The van der Waals surface area contributed by atoms with E-state index in [0.717, 1.165) is 25.1 Å². The van der Waals surface area contributed by atoms with Crippen LogP contribution < -0.4 is 15.2 Å². The van der Waals surface area contributed by atoms with Crippen LogP contribution in [0.3, 0.4) is 0 Å². The fourth-order valence-electron chi connectivity index (χ4n) is 3.14.